The predicted octanol–water partition coefficient (Wildman–Crippen LogP) is 1.02. The highest BCUT2D eigenvalue weighted by molar-refractivity contribution is 5.52. The van der Waals surface area contributed by atoms with Crippen LogP contribution in [0.4, 0.5) is 0 Å². The van der Waals surface area contributed by atoms with Gasteiger partial charge >= 0.3 is 0 Å². The molecule has 0 aromatic heterocycles. The third-order valence-corrected chi connectivity index (χ3v) is 6.17. The van der Waals surface area contributed by atoms with Gasteiger partial charge in [-0.2, -0.15) is 0 Å². The van der Waals surface area contributed by atoms with E-state index in [1.165, 1.54) is 5.56 Å². The van der Waals surface area contributed by atoms with Crippen molar-refractivity contribution in [3.63, 3.8) is 0 Å². The summed E-state index contributed by atoms with van der Waals surface area (Å²) in [4.78, 5) is 2.50. The maximum absolute atomic E-state index is 10.7. The van der Waals surface area contributed by atoms with Crippen LogP contribution in [0.5, 0.6) is 11.5 Å². The normalized spacial score (nSPS) is 39.3. The average Bonchev–Trinajstić information content (AvgIpc) is 3.15. The van der Waals surface area contributed by atoms with Crippen LogP contribution in [0.15, 0.2) is 12.1 Å². The number of benzene rings is 1. The van der Waals surface area contributed by atoms with Crippen LogP contribution in [0.3, 0.4) is 0 Å². The second kappa shape index (κ2) is 4.37. The van der Waals surface area contributed by atoms with Gasteiger partial charge in [0, 0.05) is 18.0 Å². The van der Waals surface area contributed by atoms with E-state index in [-0.39, 0.29) is 18.2 Å². The van der Waals surface area contributed by atoms with Gasteiger partial charge in [0.05, 0.1) is 12.2 Å². The van der Waals surface area contributed by atoms with Crippen LogP contribution >= 0.6 is 0 Å². The minimum Gasteiger partial charge on any atom is -0.454 e. The summed E-state index contributed by atoms with van der Waals surface area (Å²) in [6.07, 6.45) is 2.51. The number of aliphatic hydroxyl groups excluding tert-OH is 2. The van der Waals surface area contributed by atoms with Crippen LogP contribution in [0.2, 0.25) is 0 Å². The molecule has 1 aliphatic carbocycles. The topological polar surface area (TPSA) is 62.2 Å². The lowest BCUT2D eigenvalue weighted by Gasteiger charge is -2.39. The SMILES string of the molecule is O[C@@H]1[C@H](O)C[C@]23CCCN2CCc2cc4c(cc2[C@H]13)OCO4. The van der Waals surface area contributed by atoms with E-state index in [1.807, 2.05) is 6.07 Å². The molecule has 0 unspecified atom stereocenters. The third kappa shape index (κ3) is 1.54. The molecule has 22 heavy (non-hydrogen) atoms. The minimum absolute atomic E-state index is 0.0306. The molecule has 0 radical (unpaired) electrons. The van der Waals surface area contributed by atoms with E-state index in [2.05, 4.69) is 11.0 Å². The van der Waals surface area contributed by atoms with Crippen molar-refractivity contribution in [1.29, 1.82) is 0 Å². The smallest absolute Gasteiger partial charge is 0.231 e. The molecule has 118 valence electrons. The highest BCUT2D eigenvalue weighted by Crippen LogP contribution is 2.55. The summed E-state index contributed by atoms with van der Waals surface area (Å²) in [7, 11) is 0. The van der Waals surface area contributed by atoms with E-state index < -0.39 is 12.2 Å². The van der Waals surface area contributed by atoms with E-state index >= 15 is 0 Å². The molecule has 5 nitrogen and oxygen atoms in total. The lowest BCUT2D eigenvalue weighted by atomic mass is 9.78. The van der Waals surface area contributed by atoms with Crippen molar-refractivity contribution in [3.05, 3.63) is 23.3 Å². The first kappa shape index (κ1) is 13.2. The molecule has 1 aromatic rings. The molecule has 1 spiro atoms. The first-order valence-corrected chi connectivity index (χ1v) is 8.23. The summed E-state index contributed by atoms with van der Waals surface area (Å²) in [5.74, 6) is 1.55. The lowest BCUT2D eigenvalue weighted by molar-refractivity contribution is 0.0339. The maximum Gasteiger partial charge on any atom is 0.231 e. The number of ether oxygens (including phenoxy) is 2. The molecule has 2 fully saturated rings. The molecular formula is C17H21NO4. The Bertz CT molecular complexity index is 633. The Morgan fingerprint density at radius 3 is 2.82 bits per heavy atom. The van der Waals surface area contributed by atoms with E-state index in [1.54, 1.807) is 0 Å². The summed E-state index contributed by atoms with van der Waals surface area (Å²) < 4.78 is 11.1. The molecule has 1 saturated heterocycles. The molecule has 1 aromatic carbocycles. The molecule has 5 heteroatoms. The zero-order valence-electron chi connectivity index (χ0n) is 12.5. The van der Waals surface area contributed by atoms with Gasteiger partial charge in [0.1, 0.15) is 0 Å². The van der Waals surface area contributed by atoms with Gasteiger partial charge in [0.25, 0.3) is 0 Å². The van der Waals surface area contributed by atoms with E-state index in [4.69, 9.17) is 9.47 Å². The average molecular weight is 303 g/mol. The minimum atomic E-state index is -0.696. The number of aliphatic hydroxyl groups is 2. The van der Waals surface area contributed by atoms with Crippen LogP contribution in [0.1, 0.15) is 36.3 Å². The van der Waals surface area contributed by atoms with Crippen molar-refractivity contribution in [2.24, 2.45) is 0 Å². The van der Waals surface area contributed by atoms with Crippen molar-refractivity contribution < 1.29 is 19.7 Å². The largest absolute Gasteiger partial charge is 0.454 e. The fourth-order valence-corrected chi connectivity index (χ4v) is 5.26. The Kier molecular flexibility index (Phi) is 2.62. The highest BCUT2D eigenvalue weighted by atomic mass is 16.7. The number of hydrogen-bond donors (Lipinski definition) is 2. The number of fused-ring (bicyclic) bond motifs is 3. The van der Waals surface area contributed by atoms with Gasteiger partial charge in [-0.05, 0) is 55.5 Å². The molecule has 3 heterocycles. The van der Waals surface area contributed by atoms with Crippen LogP contribution in [0, 0.1) is 0 Å². The fraction of sp³-hybridized carbons (Fsp3) is 0.647. The van der Waals surface area contributed by atoms with Gasteiger partial charge in [-0.3, -0.25) is 4.90 Å². The summed E-state index contributed by atoms with van der Waals surface area (Å²) in [5.41, 5.74) is 2.30. The number of nitrogens with zero attached hydrogens (tertiary/aromatic N) is 1. The summed E-state index contributed by atoms with van der Waals surface area (Å²) in [6.45, 7) is 2.32. The molecule has 3 aliphatic heterocycles. The first-order chi connectivity index (χ1) is 10.7. The first-order valence-electron chi connectivity index (χ1n) is 8.23. The highest BCUT2D eigenvalue weighted by Gasteiger charge is 2.59. The Morgan fingerprint density at radius 2 is 1.95 bits per heavy atom. The molecule has 4 aliphatic rings. The Balaban J connectivity index is 1.70. The van der Waals surface area contributed by atoms with E-state index in [0.29, 0.717) is 6.42 Å². The Labute approximate surface area is 129 Å². The molecule has 2 N–H and O–H groups in total. The number of hydrogen-bond acceptors (Lipinski definition) is 5. The maximum atomic E-state index is 10.7. The summed E-state index contributed by atoms with van der Waals surface area (Å²) in [5, 5.41) is 21.1. The second-order valence-electron chi connectivity index (χ2n) is 7.09. The van der Waals surface area contributed by atoms with Gasteiger partial charge in [0.15, 0.2) is 11.5 Å². The zero-order valence-corrected chi connectivity index (χ0v) is 12.5. The van der Waals surface area contributed by atoms with E-state index in [9.17, 15) is 10.2 Å². The van der Waals surface area contributed by atoms with Gasteiger partial charge in [-0.25, -0.2) is 0 Å². The third-order valence-electron chi connectivity index (χ3n) is 6.17. The van der Waals surface area contributed by atoms with Gasteiger partial charge in [0.2, 0.25) is 6.79 Å². The van der Waals surface area contributed by atoms with Crippen molar-refractivity contribution in [2.75, 3.05) is 19.9 Å². The van der Waals surface area contributed by atoms with Crippen LogP contribution in [0.25, 0.3) is 0 Å². The Morgan fingerprint density at radius 1 is 1.14 bits per heavy atom. The standard InChI is InChI=1S/C17H21NO4/c19-12-8-17-3-1-4-18(17)5-2-10-6-13-14(22-9-21-13)7-11(10)15(17)16(12)20/h6-7,12,15-16,19-20H,1-5,8-9H2/t12-,15-,16-,17+/m1/s1. The molecule has 4 atom stereocenters. The lowest BCUT2D eigenvalue weighted by Crippen LogP contribution is -2.46. The monoisotopic (exact) mass is 303 g/mol. The van der Waals surface area contributed by atoms with Gasteiger partial charge in [-0.1, -0.05) is 0 Å². The van der Waals surface area contributed by atoms with Crippen LogP contribution < -0.4 is 9.47 Å². The predicted molar refractivity (Wildman–Crippen MR) is 79.2 cm³/mol. The number of rotatable bonds is 0. The zero-order chi connectivity index (χ0) is 14.9. The molecule has 0 bridgehead atoms. The van der Waals surface area contributed by atoms with Crippen molar-refractivity contribution in [3.8, 4) is 11.5 Å². The quantitative estimate of drug-likeness (QED) is 0.749. The van der Waals surface area contributed by atoms with Crippen LogP contribution in [-0.4, -0.2) is 52.7 Å². The summed E-state index contributed by atoms with van der Waals surface area (Å²) in [6, 6.07) is 4.12. The van der Waals surface area contributed by atoms with E-state index in [0.717, 1.165) is 49.4 Å². The Hall–Kier alpha value is -1.30. The van der Waals surface area contributed by atoms with Gasteiger partial charge < -0.3 is 19.7 Å². The summed E-state index contributed by atoms with van der Waals surface area (Å²) >= 11 is 0. The van der Waals surface area contributed by atoms with Crippen molar-refractivity contribution in [1.82, 2.24) is 4.90 Å². The second-order valence-corrected chi connectivity index (χ2v) is 7.09. The van der Waals surface area contributed by atoms with Gasteiger partial charge in [-0.15, -0.1) is 0 Å². The molecule has 5 rings (SSSR count). The molecular weight excluding hydrogens is 282 g/mol. The van der Waals surface area contributed by atoms with Crippen LogP contribution in [-0.2, 0) is 6.42 Å². The van der Waals surface area contributed by atoms with Crippen molar-refractivity contribution in [2.45, 2.75) is 49.3 Å². The molecule has 0 amide bonds. The fourth-order valence-electron chi connectivity index (χ4n) is 5.26. The van der Waals surface area contributed by atoms with Crippen molar-refractivity contribution >= 4 is 0 Å². The molecule has 1 saturated carbocycles.